The molecule has 8 heteroatoms. The number of hydrogen-bond acceptors (Lipinski definition) is 4. The molecule has 1 aromatic carbocycles. The Morgan fingerprint density at radius 1 is 1.41 bits per heavy atom. The van der Waals surface area contributed by atoms with Gasteiger partial charge >= 0.3 is 6.09 Å². The van der Waals surface area contributed by atoms with Crippen molar-refractivity contribution < 1.29 is 19.0 Å². The Bertz CT molecular complexity index is 669. The number of hydrogen-bond donors (Lipinski definition) is 3. The number of amides is 1. The van der Waals surface area contributed by atoms with E-state index in [1.165, 1.54) is 6.07 Å². The zero-order valence-corrected chi connectivity index (χ0v) is 16.3. The van der Waals surface area contributed by atoms with Crippen LogP contribution in [0.25, 0.3) is 0 Å². The molecule has 7 nitrogen and oxygen atoms in total. The highest BCUT2D eigenvalue weighted by Crippen LogP contribution is 2.17. The van der Waals surface area contributed by atoms with E-state index in [4.69, 9.17) is 4.74 Å². The molecule has 1 heterocycles. The van der Waals surface area contributed by atoms with Gasteiger partial charge in [0.25, 0.3) is 0 Å². The van der Waals surface area contributed by atoms with E-state index in [-0.39, 0.29) is 24.2 Å². The highest BCUT2D eigenvalue weighted by atomic mass is 19.1. The Hall–Kier alpha value is -2.35. The number of benzene rings is 1. The summed E-state index contributed by atoms with van der Waals surface area (Å²) in [6.45, 7) is 9.11. The van der Waals surface area contributed by atoms with Gasteiger partial charge in [-0.05, 0) is 33.8 Å². The minimum Gasteiger partial charge on any atom is -0.444 e. The summed E-state index contributed by atoms with van der Waals surface area (Å²) in [5, 5.41) is 16.5. The second-order valence-electron chi connectivity index (χ2n) is 7.48. The maximum Gasteiger partial charge on any atom is 0.410 e. The first-order valence-corrected chi connectivity index (χ1v) is 9.15. The smallest absolute Gasteiger partial charge is 0.410 e. The van der Waals surface area contributed by atoms with Gasteiger partial charge in [-0.3, -0.25) is 4.99 Å². The first kappa shape index (κ1) is 21.0. The zero-order valence-electron chi connectivity index (χ0n) is 16.3. The summed E-state index contributed by atoms with van der Waals surface area (Å²) in [5.74, 6) is 0.0619. The fourth-order valence-electron chi connectivity index (χ4n) is 2.58. The summed E-state index contributed by atoms with van der Waals surface area (Å²) >= 11 is 0. The van der Waals surface area contributed by atoms with Crippen molar-refractivity contribution in [1.29, 1.82) is 0 Å². The highest BCUT2D eigenvalue weighted by molar-refractivity contribution is 5.80. The predicted molar refractivity (Wildman–Crippen MR) is 102 cm³/mol. The molecule has 2 rings (SSSR count). The van der Waals surface area contributed by atoms with Gasteiger partial charge in [0, 0.05) is 25.2 Å². The summed E-state index contributed by atoms with van der Waals surface area (Å²) in [7, 11) is 0. The van der Waals surface area contributed by atoms with Crippen LogP contribution >= 0.6 is 0 Å². The van der Waals surface area contributed by atoms with Gasteiger partial charge in [-0.2, -0.15) is 0 Å². The summed E-state index contributed by atoms with van der Waals surface area (Å²) < 4.78 is 19.1. The molecular weight excluding hydrogens is 351 g/mol. The van der Waals surface area contributed by atoms with Crippen LogP contribution in [0, 0.1) is 5.82 Å². The summed E-state index contributed by atoms with van der Waals surface area (Å²) in [6.07, 6.45) is -1.36. The maximum absolute atomic E-state index is 13.7. The third-order valence-corrected chi connectivity index (χ3v) is 3.90. The number of likely N-dealkylation sites (tertiary alicyclic amines) is 1. The standard InChI is InChI=1S/C19H29FN4O3/c1-5-21-17(22-10-16(25)14-8-6-7-9-15(14)20)23-13-11-24(12-13)18(26)27-19(2,3)4/h6-9,13,16,25H,5,10-12H2,1-4H3,(H2,21,22,23). The van der Waals surface area contributed by atoms with Crippen LogP contribution < -0.4 is 10.6 Å². The van der Waals surface area contributed by atoms with Gasteiger partial charge in [0.2, 0.25) is 0 Å². The summed E-state index contributed by atoms with van der Waals surface area (Å²) in [4.78, 5) is 17.9. The molecule has 0 radical (unpaired) electrons. The molecule has 1 aliphatic rings. The molecule has 0 saturated carbocycles. The number of halogens is 1. The van der Waals surface area contributed by atoms with E-state index < -0.39 is 17.5 Å². The average molecular weight is 380 g/mol. The normalized spacial score (nSPS) is 16.5. The molecule has 0 aliphatic carbocycles. The lowest BCUT2D eigenvalue weighted by atomic mass is 10.1. The molecule has 1 saturated heterocycles. The Balaban J connectivity index is 1.86. The molecule has 3 N–H and O–H groups in total. The number of carbonyl (C=O) groups is 1. The van der Waals surface area contributed by atoms with E-state index in [1.54, 1.807) is 23.1 Å². The van der Waals surface area contributed by atoms with Crippen LogP contribution in [0.15, 0.2) is 29.3 Å². The third-order valence-electron chi connectivity index (χ3n) is 3.90. The molecule has 27 heavy (non-hydrogen) atoms. The SMILES string of the molecule is CCNC(=NCC(O)c1ccccc1F)NC1CN(C(=O)OC(C)(C)C)C1. The number of rotatable bonds is 5. The van der Waals surface area contributed by atoms with Crippen LogP contribution in [0.3, 0.4) is 0 Å². The van der Waals surface area contributed by atoms with Crippen LogP contribution in [0.5, 0.6) is 0 Å². The van der Waals surface area contributed by atoms with E-state index in [0.29, 0.717) is 25.6 Å². The molecule has 1 amide bonds. The largest absolute Gasteiger partial charge is 0.444 e. The fraction of sp³-hybridized carbons (Fsp3) is 0.579. The number of carbonyl (C=O) groups excluding carboxylic acids is 1. The van der Waals surface area contributed by atoms with Gasteiger partial charge in [0.1, 0.15) is 17.5 Å². The van der Waals surface area contributed by atoms with E-state index in [2.05, 4.69) is 15.6 Å². The Morgan fingerprint density at radius 3 is 2.67 bits per heavy atom. The fourth-order valence-corrected chi connectivity index (χ4v) is 2.58. The molecular formula is C19H29FN4O3. The van der Waals surface area contributed by atoms with Gasteiger partial charge in [-0.1, -0.05) is 18.2 Å². The molecule has 1 aliphatic heterocycles. The van der Waals surface area contributed by atoms with Crippen molar-refractivity contribution in [3.63, 3.8) is 0 Å². The number of nitrogens with zero attached hydrogens (tertiary/aromatic N) is 2. The molecule has 1 aromatic rings. The van der Waals surface area contributed by atoms with Gasteiger partial charge in [-0.15, -0.1) is 0 Å². The van der Waals surface area contributed by atoms with Gasteiger partial charge in [0.15, 0.2) is 5.96 Å². The van der Waals surface area contributed by atoms with Crippen molar-refractivity contribution in [1.82, 2.24) is 15.5 Å². The molecule has 1 atom stereocenters. The minimum atomic E-state index is -1.03. The maximum atomic E-state index is 13.7. The molecule has 0 bridgehead atoms. The van der Waals surface area contributed by atoms with Crippen LogP contribution in [-0.4, -0.2) is 59.9 Å². The van der Waals surface area contributed by atoms with E-state index in [1.807, 2.05) is 27.7 Å². The number of guanidine groups is 1. The number of ether oxygens (including phenoxy) is 1. The number of aliphatic hydroxyl groups is 1. The third kappa shape index (κ3) is 6.39. The van der Waals surface area contributed by atoms with Crippen LogP contribution in [-0.2, 0) is 4.74 Å². The average Bonchev–Trinajstić information content (AvgIpc) is 2.53. The lowest BCUT2D eigenvalue weighted by Gasteiger charge is -2.40. The minimum absolute atomic E-state index is 0.0266. The summed E-state index contributed by atoms with van der Waals surface area (Å²) in [5.41, 5.74) is -0.300. The predicted octanol–water partition coefficient (Wildman–Crippen LogP) is 2.03. The first-order valence-electron chi connectivity index (χ1n) is 9.15. The molecule has 1 fully saturated rings. The number of aliphatic imine (C=N–C) groups is 1. The lowest BCUT2D eigenvalue weighted by molar-refractivity contribution is 0.00700. The first-order chi connectivity index (χ1) is 12.7. The molecule has 1 unspecified atom stereocenters. The van der Waals surface area contributed by atoms with Crippen LogP contribution in [0.1, 0.15) is 39.4 Å². The monoisotopic (exact) mass is 380 g/mol. The number of aliphatic hydroxyl groups excluding tert-OH is 1. The topological polar surface area (TPSA) is 86.2 Å². The Kier molecular flexibility index (Phi) is 7.01. The van der Waals surface area contributed by atoms with E-state index >= 15 is 0 Å². The van der Waals surface area contributed by atoms with Gasteiger partial charge < -0.3 is 25.4 Å². The molecule has 0 aromatic heterocycles. The zero-order chi connectivity index (χ0) is 20.0. The van der Waals surface area contributed by atoms with Gasteiger partial charge in [-0.25, -0.2) is 9.18 Å². The summed E-state index contributed by atoms with van der Waals surface area (Å²) in [6, 6.07) is 6.15. The quantitative estimate of drug-likeness (QED) is 0.538. The van der Waals surface area contributed by atoms with E-state index in [0.717, 1.165) is 0 Å². The van der Waals surface area contributed by atoms with Crippen molar-refractivity contribution in [2.45, 2.75) is 45.4 Å². The van der Waals surface area contributed by atoms with Crippen molar-refractivity contribution >= 4 is 12.1 Å². The lowest BCUT2D eigenvalue weighted by Crippen LogP contribution is -2.63. The van der Waals surface area contributed by atoms with Crippen molar-refractivity contribution in [3.8, 4) is 0 Å². The van der Waals surface area contributed by atoms with Crippen molar-refractivity contribution in [2.24, 2.45) is 4.99 Å². The Labute approximate surface area is 159 Å². The second-order valence-corrected chi connectivity index (χ2v) is 7.48. The van der Waals surface area contributed by atoms with Crippen LogP contribution in [0.2, 0.25) is 0 Å². The van der Waals surface area contributed by atoms with E-state index in [9.17, 15) is 14.3 Å². The van der Waals surface area contributed by atoms with Gasteiger partial charge in [0.05, 0.1) is 12.6 Å². The van der Waals surface area contributed by atoms with Crippen molar-refractivity contribution in [3.05, 3.63) is 35.6 Å². The number of nitrogens with one attached hydrogen (secondary N) is 2. The highest BCUT2D eigenvalue weighted by Gasteiger charge is 2.34. The molecule has 150 valence electrons. The molecule has 0 spiro atoms. The van der Waals surface area contributed by atoms with Crippen LogP contribution in [0.4, 0.5) is 9.18 Å². The second kappa shape index (κ2) is 9.03. The Morgan fingerprint density at radius 2 is 2.07 bits per heavy atom. The van der Waals surface area contributed by atoms with Crippen molar-refractivity contribution in [2.75, 3.05) is 26.2 Å².